The van der Waals surface area contributed by atoms with Crippen LogP contribution in [0.25, 0.3) is 0 Å². The standard InChI is InChI=1S/C16H29N/c1-13(2)7-6-12-16(4,17-5)15-10-8-14(3)9-11-15/h7-8,15H,5-6,9-12,17H2,1-4H3/t15-,16+/m0/s1. The zero-order valence-corrected chi connectivity index (χ0v) is 12.1. The molecule has 0 amide bonds. The van der Waals surface area contributed by atoms with Gasteiger partial charge in [0.1, 0.15) is 0 Å². The van der Waals surface area contributed by atoms with E-state index in [4.69, 9.17) is 0 Å². The third kappa shape index (κ3) is 4.31. The summed E-state index contributed by atoms with van der Waals surface area (Å²) in [6.07, 6.45) is 11.0. The van der Waals surface area contributed by atoms with Crippen LogP contribution in [-0.2, 0) is 0 Å². The minimum atomic E-state index is 0.309. The number of hydrogen-bond donors (Lipinski definition) is 1. The topological polar surface area (TPSA) is 16.6 Å². The lowest BCUT2D eigenvalue weighted by Crippen LogP contribution is -2.92. The number of quaternary nitrogens is 1. The fraction of sp³-hybridized carbons (Fsp3) is 0.688. The molecule has 2 N–H and O–H groups in total. The lowest BCUT2D eigenvalue weighted by Gasteiger charge is -2.38. The average molecular weight is 235 g/mol. The third-order valence-electron chi connectivity index (χ3n) is 4.27. The molecule has 0 saturated heterocycles. The van der Waals surface area contributed by atoms with Crippen molar-refractivity contribution in [3.05, 3.63) is 30.3 Å². The zero-order chi connectivity index (χ0) is 12.9. The van der Waals surface area contributed by atoms with Gasteiger partial charge in [0.05, 0.1) is 5.54 Å². The van der Waals surface area contributed by atoms with Crippen LogP contribution in [0.5, 0.6) is 0 Å². The van der Waals surface area contributed by atoms with Crippen molar-refractivity contribution in [2.45, 2.75) is 65.3 Å². The van der Waals surface area contributed by atoms with E-state index < -0.39 is 0 Å². The molecule has 0 unspecified atom stereocenters. The Bertz CT molecular complexity index is 297. The first-order chi connectivity index (χ1) is 7.98. The van der Waals surface area contributed by atoms with Crippen LogP contribution in [0.2, 0.25) is 0 Å². The Morgan fingerprint density at radius 3 is 2.76 bits per heavy atom. The van der Waals surface area contributed by atoms with Crippen LogP contribution in [-0.4, -0.2) is 5.54 Å². The minimum Gasteiger partial charge on any atom is -0.474 e. The Morgan fingerprint density at radius 2 is 2.29 bits per heavy atom. The van der Waals surface area contributed by atoms with Crippen molar-refractivity contribution in [1.29, 1.82) is 0 Å². The monoisotopic (exact) mass is 235 g/mol. The lowest BCUT2D eigenvalue weighted by atomic mass is 9.74. The quantitative estimate of drug-likeness (QED) is 0.554. The normalized spacial score (nSPS) is 23.8. The zero-order valence-electron chi connectivity index (χ0n) is 12.1. The van der Waals surface area contributed by atoms with Crippen LogP contribution in [0.4, 0.5) is 0 Å². The predicted molar refractivity (Wildman–Crippen MR) is 75.5 cm³/mol. The summed E-state index contributed by atoms with van der Waals surface area (Å²) in [5.41, 5.74) is 3.30. The van der Waals surface area contributed by atoms with Crippen molar-refractivity contribution in [3.8, 4) is 0 Å². The number of rotatable bonds is 5. The van der Waals surface area contributed by atoms with Gasteiger partial charge in [0.15, 0.2) is 0 Å². The van der Waals surface area contributed by atoms with Crippen molar-refractivity contribution >= 4 is 0 Å². The van der Waals surface area contributed by atoms with Crippen molar-refractivity contribution in [2.75, 3.05) is 0 Å². The Labute approximate surface area is 107 Å². The highest BCUT2D eigenvalue weighted by molar-refractivity contribution is 5.06. The van der Waals surface area contributed by atoms with E-state index in [1.165, 1.54) is 37.7 Å². The van der Waals surface area contributed by atoms with Gasteiger partial charge in [-0.15, -0.1) is 0 Å². The molecule has 0 saturated carbocycles. The van der Waals surface area contributed by atoms with E-state index in [1.807, 2.05) is 0 Å². The molecule has 1 rings (SSSR count). The second-order valence-electron chi connectivity index (χ2n) is 6.05. The highest BCUT2D eigenvalue weighted by Gasteiger charge is 2.34. The number of hydrogen-bond acceptors (Lipinski definition) is 0. The van der Waals surface area contributed by atoms with E-state index in [1.54, 1.807) is 5.57 Å². The molecule has 98 valence electrons. The first-order valence-electron chi connectivity index (χ1n) is 6.90. The second-order valence-corrected chi connectivity index (χ2v) is 6.05. The van der Waals surface area contributed by atoms with E-state index in [-0.39, 0.29) is 0 Å². The predicted octanol–water partition coefficient (Wildman–Crippen LogP) is 3.59. The molecule has 0 spiro atoms. The van der Waals surface area contributed by atoms with E-state index in [2.05, 4.69) is 52.2 Å². The number of allylic oxidation sites excluding steroid dienone is 4. The molecule has 1 aliphatic rings. The molecule has 1 nitrogen and oxygen atoms in total. The smallest absolute Gasteiger partial charge is 0.0729 e. The van der Waals surface area contributed by atoms with Crippen molar-refractivity contribution in [2.24, 2.45) is 5.92 Å². The lowest BCUT2D eigenvalue weighted by molar-refractivity contribution is -0.682. The van der Waals surface area contributed by atoms with Gasteiger partial charge in [0.2, 0.25) is 0 Å². The van der Waals surface area contributed by atoms with Gasteiger partial charge in [-0.1, -0.05) is 23.3 Å². The van der Waals surface area contributed by atoms with Gasteiger partial charge < -0.3 is 5.32 Å². The van der Waals surface area contributed by atoms with Crippen molar-refractivity contribution < 1.29 is 5.32 Å². The fourth-order valence-electron chi connectivity index (χ4n) is 2.71. The summed E-state index contributed by atoms with van der Waals surface area (Å²) in [6.45, 7) is 9.00. The van der Waals surface area contributed by atoms with Crippen LogP contribution < -0.4 is 5.32 Å². The highest BCUT2D eigenvalue weighted by atomic mass is 14.9. The van der Waals surface area contributed by atoms with Gasteiger partial charge in [-0.3, -0.25) is 0 Å². The fourth-order valence-corrected chi connectivity index (χ4v) is 2.71. The first-order valence-corrected chi connectivity index (χ1v) is 6.90. The highest BCUT2D eigenvalue weighted by Crippen LogP contribution is 2.32. The summed E-state index contributed by atoms with van der Waals surface area (Å²) in [5, 5.41) is 2.20. The van der Waals surface area contributed by atoms with E-state index in [0.717, 1.165) is 5.92 Å². The summed E-state index contributed by atoms with van der Waals surface area (Å²) in [5.74, 6) is 0.786. The van der Waals surface area contributed by atoms with E-state index in [9.17, 15) is 0 Å². The molecule has 0 aromatic heterocycles. The molecule has 1 heteroatoms. The number of nitrogens with two attached hydrogens (primary N) is 1. The molecule has 1 aliphatic carbocycles. The summed E-state index contributed by atoms with van der Waals surface area (Å²) >= 11 is 0. The molecular weight excluding hydrogens is 206 g/mol. The molecule has 17 heavy (non-hydrogen) atoms. The molecule has 0 heterocycles. The first kappa shape index (κ1) is 14.5. The van der Waals surface area contributed by atoms with Crippen LogP contribution in [0.3, 0.4) is 0 Å². The summed E-state index contributed by atoms with van der Waals surface area (Å²) in [7, 11) is 4.08. The molecule has 0 radical (unpaired) electrons. The van der Waals surface area contributed by atoms with Gasteiger partial charge in [0.25, 0.3) is 0 Å². The maximum absolute atomic E-state index is 4.08. The molecular formula is C16H29N. The second kappa shape index (κ2) is 6.39. The maximum atomic E-state index is 4.08. The SMILES string of the molecule is [CH2-][NH2+][C@](C)(CCC=C(C)C)[C@H]1CC=C(C)CC1. The van der Waals surface area contributed by atoms with E-state index in [0.29, 0.717) is 5.54 Å². The van der Waals surface area contributed by atoms with Crippen molar-refractivity contribution in [3.63, 3.8) is 0 Å². The summed E-state index contributed by atoms with van der Waals surface area (Å²) in [4.78, 5) is 0. The molecule has 0 fully saturated rings. The average Bonchev–Trinajstić information content (AvgIpc) is 2.29. The molecule has 0 aromatic rings. The largest absolute Gasteiger partial charge is 0.474 e. The maximum Gasteiger partial charge on any atom is 0.0729 e. The molecule has 0 aromatic carbocycles. The summed E-state index contributed by atoms with van der Waals surface area (Å²) < 4.78 is 0. The molecule has 2 atom stereocenters. The van der Waals surface area contributed by atoms with Crippen LogP contribution in [0, 0.1) is 13.0 Å². The Hall–Kier alpha value is -0.560. The van der Waals surface area contributed by atoms with Crippen LogP contribution in [0.1, 0.15) is 59.8 Å². The van der Waals surface area contributed by atoms with Gasteiger partial charge >= 0.3 is 0 Å². The van der Waals surface area contributed by atoms with Crippen LogP contribution >= 0.6 is 0 Å². The summed E-state index contributed by atoms with van der Waals surface area (Å²) in [6, 6.07) is 0. The minimum absolute atomic E-state index is 0.309. The van der Waals surface area contributed by atoms with Gasteiger partial charge in [-0.2, -0.15) is 7.05 Å². The third-order valence-corrected chi connectivity index (χ3v) is 4.27. The molecule has 0 bridgehead atoms. The van der Waals surface area contributed by atoms with Gasteiger partial charge in [-0.05, 0) is 53.4 Å². The van der Waals surface area contributed by atoms with Crippen molar-refractivity contribution in [1.82, 2.24) is 0 Å². The Balaban J connectivity index is 2.58. The van der Waals surface area contributed by atoms with E-state index >= 15 is 0 Å². The Morgan fingerprint density at radius 1 is 1.59 bits per heavy atom. The molecule has 0 aliphatic heterocycles. The van der Waals surface area contributed by atoms with Crippen LogP contribution in [0.15, 0.2) is 23.3 Å². The van der Waals surface area contributed by atoms with Gasteiger partial charge in [0, 0.05) is 12.3 Å². The Kier molecular flexibility index (Phi) is 5.45. The van der Waals surface area contributed by atoms with Gasteiger partial charge in [-0.25, -0.2) is 0 Å².